The van der Waals surface area contributed by atoms with Gasteiger partial charge in [0.15, 0.2) is 0 Å². The normalized spacial score (nSPS) is 16.6. The number of rotatable bonds is 6. The number of aliphatic hydroxyl groups excluding tert-OH is 1. The van der Waals surface area contributed by atoms with Crippen LogP contribution in [0.3, 0.4) is 0 Å². The van der Waals surface area contributed by atoms with Crippen molar-refractivity contribution in [3.63, 3.8) is 0 Å². The molecule has 1 unspecified atom stereocenters. The van der Waals surface area contributed by atoms with E-state index in [4.69, 9.17) is 0 Å². The van der Waals surface area contributed by atoms with E-state index in [1.807, 2.05) is 0 Å². The van der Waals surface area contributed by atoms with Crippen molar-refractivity contribution in [3.05, 3.63) is 35.6 Å². The van der Waals surface area contributed by atoms with Gasteiger partial charge in [0.05, 0.1) is 6.10 Å². The van der Waals surface area contributed by atoms with Gasteiger partial charge in [-0.3, -0.25) is 4.79 Å². The first-order valence-corrected chi connectivity index (χ1v) is 7.56. The van der Waals surface area contributed by atoms with Gasteiger partial charge in [0.1, 0.15) is 5.82 Å². The van der Waals surface area contributed by atoms with Crippen molar-refractivity contribution < 1.29 is 14.3 Å². The summed E-state index contributed by atoms with van der Waals surface area (Å²) in [6.45, 7) is 2.24. The second-order valence-electron chi connectivity index (χ2n) is 5.60. The van der Waals surface area contributed by atoms with Crippen LogP contribution in [0.15, 0.2) is 24.3 Å². The Labute approximate surface area is 136 Å². The van der Waals surface area contributed by atoms with Crippen molar-refractivity contribution in [1.29, 1.82) is 0 Å². The molecule has 1 heterocycles. The van der Waals surface area contributed by atoms with Crippen molar-refractivity contribution in [2.75, 3.05) is 19.6 Å². The largest absolute Gasteiger partial charge is 0.387 e. The Bertz CT molecular complexity index is 450. The summed E-state index contributed by atoms with van der Waals surface area (Å²) in [4.78, 5) is 11.8. The molecule has 0 aromatic heterocycles. The van der Waals surface area contributed by atoms with Gasteiger partial charge in [-0.25, -0.2) is 4.39 Å². The summed E-state index contributed by atoms with van der Waals surface area (Å²) in [6.07, 6.45) is 2.87. The molecule has 1 aliphatic heterocycles. The summed E-state index contributed by atoms with van der Waals surface area (Å²) in [5, 5.41) is 16.0. The monoisotopic (exact) mass is 330 g/mol. The van der Waals surface area contributed by atoms with Crippen LogP contribution in [0.2, 0.25) is 0 Å². The van der Waals surface area contributed by atoms with Crippen molar-refractivity contribution in [2.24, 2.45) is 5.92 Å². The topological polar surface area (TPSA) is 61.4 Å². The van der Waals surface area contributed by atoms with E-state index in [0.717, 1.165) is 32.4 Å². The molecule has 1 amide bonds. The number of benzene rings is 1. The van der Waals surface area contributed by atoms with Crippen molar-refractivity contribution in [2.45, 2.75) is 31.8 Å². The van der Waals surface area contributed by atoms with Crippen LogP contribution in [0.1, 0.15) is 37.4 Å². The number of nitrogens with one attached hydrogen (secondary N) is 2. The van der Waals surface area contributed by atoms with Gasteiger partial charge in [-0.1, -0.05) is 12.1 Å². The minimum atomic E-state index is -0.798. The zero-order valence-electron chi connectivity index (χ0n) is 12.6. The fourth-order valence-corrected chi connectivity index (χ4v) is 2.61. The zero-order valence-corrected chi connectivity index (χ0v) is 13.4. The molecule has 124 valence electrons. The number of hydrogen-bond donors (Lipinski definition) is 3. The molecule has 1 fully saturated rings. The molecule has 2 rings (SSSR count). The molecule has 4 nitrogen and oxygen atoms in total. The highest BCUT2D eigenvalue weighted by Gasteiger charge is 2.15. The number of hydrogen-bond acceptors (Lipinski definition) is 3. The van der Waals surface area contributed by atoms with Gasteiger partial charge in [-0.05, 0) is 56.0 Å². The maximum Gasteiger partial charge on any atom is 0.220 e. The molecule has 0 spiro atoms. The van der Waals surface area contributed by atoms with E-state index in [-0.39, 0.29) is 30.7 Å². The van der Waals surface area contributed by atoms with Gasteiger partial charge in [-0.2, -0.15) is 0 Å². The van der Waals surface area contributed by atoms with Gasteiger partial charge in [0.2, 0.25) is 5.91 Å². The first-order chi connectivity index (χ1) is 10.1. The highest BCUT2D eigenvalue weighted by Crippen LogP contribution is 2.17. The predicted molar refractivity (Wildman–Crippen MR) is 86.4 cm³/mol. The second-order valence-corrected chi connectivity index (χ2v) is 5.60. The van der Waals surface area contributed by atoms with Crippen molar-refractivity contribution in [3.8, 4) is 0 Å². The second kappa shape index (κ2) is 9.77. The standard InChI is InChI=1S/C16H23FN2O2.ClH/c17-14-4-2-13(3-5-14)15(20)11-19-16(21)6-1-12-7-9-18-10-8-12;/h2-5,12,15,18,20H,1,6-11H2,(H,19,21);1H. The van der Waals surface area contributed by atoms with E-state index in [1.54, 1.807) is 0 Å². The van der Waals surface area contributed by atoms with E-state index >= 15 is 0 Å². The Morgan fingerprint density at radius 3 is 2.59 bits per heavy atom. The summed E-state index contributed by atoms with van der Waals surface area (Å²) < 4.78 is 12.8. The maximum atomic E-state index is 12.8. The Morgan fingerprint density at radius 2 is 1.95 bits per heavy atom. The van der Waals surface area contributed by atoms with Gasteiger partial charge < -0.3 is 15.7 Å². The fourth-order valence-electron chi connectivity index (χ4n) is 2.61. The van der Waals surface area contributed by atoms with Gasteiger partial charge in [-0.15, -0.1) is 12.4 Å². The first kappa shape index (κ1) is 18.9. The average Bonchev–Trinajstić information content (AvgIpc) is 2.52. The fraction of sp³-hybridized carbons (Fsp3) is 0.562. The zero-order chi connectivity index (χ0) is 15.1. The van der Waals surface area contributed by atoms with Crippen LogP contribution in [-0.4, -0.2) is 30.6 Å². The lowest BCUT2D eigenvalue weighted by molar-refractivity contribution is -0.121. The molecule has 1 aromatic carbocycles. The molecule has 0 aliphatic carbocycles. The van der Waals surface area contributed by atoms with Crippen LogP contribution in [0.4, 0.5) is 4.39 Å². The predicted octanol–water partition coefficient (Wildman–Crippen LogP) is 2.18. The number of halogens is 2. The molecule has 22 heavy (non-hydrogen) atoms. The summed E-state index contributed by atoms with van der Waals surface area (Å²) in [5.41, 5.74) is 0.607. The summed E-state index contributed by atoms with van der Waals surface area (Å²) >= 11 is 0. The minimum Gasteiger partial charge on any atom is -0.387 e. The first-order valence-electron chi connectivity index (χ1n) is 7.56. The molecule has 1 saturated heterocycles. The number of aliphatic hydroxyl groups is 1. The van der Waals surface area contributed by atoms with E-state index in [0.29, 0.717) is 17.9 Å². The number of amides is 1. The highest BCUT2D eigenvalue weighted by molar-refractivity contribution is 5.85. The van der Waals surface area contributed by atoms with Gasteiger partial charge in [0.25, 0.3) is 0 Å². The minimum absolute atomic E-state index is 0. The van der Waals surface area contributed by atoms with Gasteiger partial charge >= 0.3 is 0 Å². The molecule has 3 N–H and O–H groups in total. The lowest BCUT2D eigenvalue weighted by Crippen LogP contribution is -2.31. The van der Waals surface area contributed by atoms with Crippen LogP contribution >= 0.6 is 12.4 Å². The Hall–Kier alpha value is -1.17. The van der Waals surface area contributed by atoms with E-state index in [9.17, 15) is 14.3 Å². The smallest absolute Gasteiger partial charge is 0.220 e. The maximum absolute atomic E-state index is 12.8. The third kappa shape index (κ3) is 6.30. The molecule has 0 bridgehead atoms. The van der Waals surface area contributed by atoms with E-state index < -0.39 is 6.10 Å². The van der Waals surface area contributed by atoms with Crippen LogP contribution in [-0.2, 0) is 4.79 Å². The summed E-state index contributed by atoms with van der Waals surface area (Å²) in [6, 6.07) is 5.66. The number of carbonyl (C=O) groups is 1. The highest BCUT2D eigenvalue weighted by atomic mass is 35.5. The lowest BCUT2D eigenvalue weighted by atomic mass is 9.93. The SMILES string of the molecule is Cl.O=C(CCC1CCNCC1)NCC(O)c1ccc(F)cc1. The van der Waals surface area contributed by atoms with Crippen LogP contribution in [0.5, 0.6) is 0 Å². The van der Waals surface area contributed by atoms with Crippen molar-refractivity contribution >= 4 is 18.3 Å². The quantitative estimate of drug-likeness (QED) is 0.749. The summed E-state index contributed by atoms with van der Waals surface area (Å²) in [5.74, 6) is 0.255. The third-order valence-electron chi connectivity index (χ3n) is 3.99. The Kier molecular flexibility index (Phi) is 8.38. The molecule has 6 heteroatoms. The number of piperidine rings is 1. The van der Waals surface area contributed by atoms with E-state index in [1.165, 1.54) is 24.3 Å². The molecule has 0 radical (unpaired) electrons. The summed E-state index contributed by atoms with van der Waals surface area (Å²) in [7, 11) is 0. The third-order valence-corrected chi connectivity index (χ3v) is 3.99. The van der Waals surface area contributed by atoms with Crippen LogP contribution < -0.4 is 10.6 Å². The molecule has 1 aromatic rings. The van der Waals surface area contributed by atoms with E-state index in [2.05, 4.69) is 10.6 Å². The molecular weight excluding hydrogens is 307 g/mol. The van der Waals surface area contributed by atoms with Crippen LogP contribution in [0, 0.1) is 11.7 Å². The van der Waals surface area contributed by atoms with Crippen LogP contribution in [0.25, 0.3) is 0 Å². The molecule has 1 aliphatic rings. The van der Waals surface area contributed by atoms with Crippen molar-refractivity contribution in [1.82, 2.24) is 10.6 Å². The lowest BCUT2D eigenvalue weighted by Gasteiger charge is -2.22. The van der Waals surface area contributed by atoms with Gasteiger partial charge in [0, 0.05) is 13.0 Å². The molecular formula is C16H24ClFN2O2. The average molecular weight is 331 g/mol. The Balaban J connectivity index is 0.00000242. The Morgan fingerprint density at radius 1 is 1.32 bits per heavy atom. The number of carbonyl (C=O) groups excluding carboxylic acids is 1. The molecule has 0 saturated carbocycles. The molecule has 1 atom stereocenters.